The van der Waals surface area contributed by atoms with E-state index in [1.54, 1.807) is 11.6 Å². The minimum absolute atomic E-state index is 0.0167. The van der Waals surface area contributed by atoms with E-state index >= 15 is 0 Å². The van der Waals surface area contributed by atoms with Gasteiger partial charge in [-0.25, -0.2) is 22.7 Å². The summed E-state index contributed by atoms with van der Waals surface area (Å²) in [5.74, 6) is 0.961. The maximum atomic E-state index is 13.2. The Labute approximate surface area is 209 Å². The van der Waals surface area contributed by atoms with E-state index in [0.29, 0.717) is 24.5 Å². The summed E-state index contributed by atoms with van der Waals surface area (Å²) < 4.78 is 32.4. The highest BCUT2D eigenvalue weighted by molar-refractivity contribution is 7.90. The molecule has 0 unspecified atom stereocenters. The molecule has 11 heteroatoms. The molecule has 192 valence electrons. The summed E-state index contributed by atoms with van der Waals surface area (Å²) in [5, 5.41) is 4.29. The van der Waals surface area contributed by atoms with Crippen LogP contribution in [0, 0.1) is 0 Å². The molecule has 0 spiro atoms. The van der Waals surface area contributed by atoms with Crippen LogP contribution >= 0.6 is 0 Å². The van der Waals surface area contributed by atoms with E-state index < -0.39 is 9.84 Å². The number of likely N-dealkylation sites (tertiary alicyclic amines) is 1. The van der Waals surface area contributed by atoms with E-state index in [2.05, 4.69) is 39.9 Å². The van der Waals surface area contributed by atoms with Crippen molar-refractivity contribution in [3.05, 3.63) is 46.8 Å². The van der Waals surface area contributed by atoms with Crippen molar-refractivity contribution < 1.29 is 13.2 Å². The maximum absolute atomic E-state index is 13.2. The van der Waals surface area contributed by atoms with Gasteiger partial charge >= 0.3 is 5.69 Å². The molecule has 1 N–H and O–H groups in total. The van der Waals surface area contributed by atoms with Crippen LogP contribution in [0.5, 0.6) is 5.75 Å². The van der Waals surface area contributed by atoms with Gasteiger partial charge in [0, 0.05) is 31.1 Å². The van der Waals surface area contributed by atoms with Gasteiger partial charge in [-0.15, -0.1) is 0 Å². The Morgan fingerprint density at radius 1 is 1.25 bits per heavy atom. The molecule has 1 saturated heterocycles. The Morgan fingerprint density at radius 3 is 2.78 bits per heavy atom. The zero-order valence-corrected chi connectivity index (χ0v) is 21.9. The highest BCUT2D eigenvalue weighted by Gasteiger charge is 2.26. The smallest absolute Gasteiger partial charge is 0.326 e. The van der Waals surface area contributed by atoms with Gasteiger partial charge in [0.05, 0.1) is 29.9 Å². The van der Waals surface area contributed by atoms with Gasteiger partial charge in [0.25, 0.3) is 0 Å². The molecule has 0 radical (unpaired) electrons. The van der Waals surface area contributed by atoms with E-state index in [1.165, 1.54) is 12.6 Å². The van der Waals surface area contributed by atoms with E-state index in [-0.39, 0.29) is 23.4 Å². The van der Waals surface area contributed by atoms with Gasteiger partial charge in [-0.3, -0.25) is 4.57 Å². The zero-order valence-electron chi connectivity index (χ0n) is 21.1. The Morgan fingerprint density at radius 2 is 2.06 bits per heavy atom. The molecular weight excluding hydrogens is 480 g/mol. The van der Waals surface area contributed by atoms with Crippen LogP contribution in [0.1, 0.15) is 44.2 Å². The first-order valence-corrected chi connectivity index (χ1v) is 14.3. The Kier molecular flexibility index (Phi) is 6.37. The molecule has 4 heterocycles. The van der Waals surface area contributed by atoms with Crippen LogP contribution in [0.15, 0.2) is 35.5 Å². The highest BCUT2D eigenvalue weighted by atomic mass is 32.2. The predicted molar refractivity (Wildman–Crippen MR) is 140 cm³/mol. The van der Waals surface area contributed by atoms with Crippen molar-refractivity contribution in [1.82, 2.24) is 29.0 Å². The number of benzene rings is 1. The number of hydrogen-bond donors (Lipinski definition) is 1. The van der Waals surface area contributed by atoms with Crippen molar-refractivity contribution in [1.29, 1.82) is 0 Å². The number of ether oxygens (including phenoxy) is 1. The van der Waals surface area contributed by atoms with Crippen LogP contribution in [0.25, 0.3) is 27.8 Å². The maximum Gasteiger partial charge on any atom is 0.326 e. The van der Waals surface area contributed by atoms with Crippen molar-refractivity contribution in [2.24, 2.45) is 0 Å². The monoisotopic (exact) mass is 512 g/mol. The van der Waals surface area contributed by atoms with Crippen LogP contribution < -0.4 is 10.4 Å². The third kappa shape index (κ3) is 4.64. The molecule has 5 rings (SSSR count). The number of H-pyrrole nitrogens is 1. The normalized spacial score (nSPS) is 17.4. The molecule has 1 aliphatic heterocycles. The molecule has 0 amide bonds. The minimum atomic E-state index is -3.03. The van der Waals surface area contributed by atoms with Crippen LogP contribution in [0.3, 0.4) is 0 Å². The van der Waals surface area contributed by atoms with E-state index in [0.717, 1.165) is 47.1 Å². The Hall–Kier alpha value is -3.18. The lowest BCUT2D eigenvalue weighted by molar-refractivity contribution is 0.186. The molecule has 0 bridgehead atoms. The number of hydrogen-bond acceptors (Lipinski definition) is 7. The van der Waals surface area contributed by atoms with Gasteiger partial charge in [-0.1, -0.05) is 13.8 Å². The summed E-state index contributed by atoms with van der Waals surface area (Å²) >= 11 is 0. The van der Waals surface area contributed by atoms with Crippen molar-refractivity contribution in [2.75, 3.05) is 38.8 Å². The number of fused-ring (bicyclic) bond motifs is 2. The summed E-state index contributed by atoms with van der Waals surface area (Å²) in [5.41, 5.74) is 5.18. The van der Waals surface area contributed by atoms with Gasteiger partial charge in [-0.2, -0.15) is 5.10 Å². The van der Waals surface area contributed by atoms with Crippen LogP contribution in [0.2, 0.25) is 0 Å². The predicted octanol–water partition coefficient (Wildman–Crippen LogP) is 2.85. The molecule has 0 aliphatic carbocycles. The quantitative estimate of drug-likeness (QED) is 0.405. The third-order valence-electron chi connectivity index (χ3n) is 7.01. The van der Waals surface area contributed by atoms with Gasteiger partial charge in [-0.05, 0) is 54.6 Å². The average Bonchev–Trinajstić information content (AvgIpc) is 3.44. The largest absolute Gasteiger partial charge is 0.493 e. The minimum Gasteiger partial charge on any atom is -0.493 e. The number of piperidine rings is 1. The first kappa shape index (κ1) is 24.5. The molecule has 1 atom stereocenters. The SMILES string of the molecule is COc1cc(-c2cc3[nH]c(=O)n([C@H]4CCCN(CCS(C)(=O)=O)C4)c3cc2C(C)C)cn2ncnc12. The van der Waals surface area contributed by atoms with Gasteiger partial charge < -0.3 is 14.6 Å². The first-order chi connectivity index (χ1) is 17.1. The molecule has 1 aromatic carbocycles. The molecule has 4 aromatic rings. The van der Waals surface area contributed by atoms with Crippen LogP contribution in [-0.2, 0) is 9.84 Å². The van der Waals surface area contributed by atoms with Gasteiger partial charge in [0.1, 0.15) is 16.2 Å². The summed E-state index contributed by atoms with van der Waals surface area (Å²) in [6.45, 7) is 6.26. The van der Waals surface area contributed by atoms with Gasteiger partial charge in [0.15, 0.2) is 11.4 Å². The summed E-state index contributed by atoms with van der Waals surface area (Å²) in [6, 6.07) is 6.08. The molecule has 3 aromatic heterocycles. The fraction of sp³-hybridized carbons (Fsp3) is 0.480. The van der Waals surface area contributed by atoms with Gasteiger partial charge in [0.2, 0.25) is 0 Å². The third-order valence-corrected chi connectivity index (χ3v) is 7.93. The highest BCUT2D eigenvalue weighted by Crippen LogP contribution is 2.36. The number of aromatic amines is 1. The number of rotatable bonds is 7. The lowest BCUT2D eigenvalue weighted by Gasteiger charge is -2.33. The lowest BCUT2D eigenvalue weighted by Crippen LogP contribution is -2.41. The Balaban J connectivity index is 1.57. The van der Waals surface area contributed by atoms with Crippen molar-refractivity contribution >= 4 is 26.5 Å². The number of methoxy groups -OCH3 is 1. The van der Waals surface area contributed by atoms with Crippen molar-refractivity contribution in [2.45, 2.75) is 38.6 Å². The lowest BCUT2D eigenvalue weighted by atomic mass is 9.92. The molecule has 1 aliphatic rings. The second kappa shape index (κ2) is 9.36. The van der Waals surface area contributed by atoms with E-state index in [9.17, 15) is 13.2 Å². The molecule has 1 fully saturated rings. The first-order valence-electron chi connectivity index (χ1n) is 12.2. The topological polar surface area (TPSA) is 115 Å². The second-order valence-corrected chi connectivity index (χ2v) is 12.2. The summed E-state index contributed by atoms with van der Waals surface area (Å²) in [6.07, 6.45) is 6.48. The van der Waals surface area contributed by atoms with Crippen molar-refractivity contribution in [3.8, 4) is 16.9 Å². The molecule has 36 heavy (non-hydrogen) atoms. The second-order valence-electron chi connectivity index (χ2n) is 9.96. The summed E-state index contributed by atoms with van der Waals surface area (Å²) in [4.78, 5) is 22.7. The fourth-order valence-corrected chi connectivity index (χ4v) is 5.80. The fourth-order valence-electron chi connectivity index (χ4n) is 5.21. The number of nitrogens with zero attached hydrogens (tertiary/aromatic N) is 5. The Bertz CT molecular complexity index is 1580. The van der Waals surface area contributed by atoms with E-state index in [1.807, 2.05) is 22.9 Å². The van der Waals surface area contributed by atoms with E-state index in [4.69, 9.17) is 4.74 Å². The number of nitrogens with one attached hydrogen (secondary N) is 1. The number of imidazole rings is 1. The van der Waals surface area contributed by atoms with Crippen molar-refractivity contribution in [3.63, 3.8) is 0 Å². The number of aromatic nitrogens is 5. The van der Waals surface area contributed by atoms with Crippen LogP contribution in [0.4, 0.5) is 0 Å². The molecule has 0 saturated carbocycles. The standard InChI is InChI=1S/C25H32N6O4S/c1-16(2)19-12-22-21(11-20(19)17-10-23(35-3)24-26-15-27-30(24)13-17)28-25(32)31(22)18-6-5-7-29(14-18)8-9-36(4,33)34/h10-13,15-16,18H,5-9,14H2,1-4H3,(H,28,32)/t18-/m0/s1. The zero-order chi connectivity index (χ0) is 25.6. The molecular formula is C25H32N6O4S. The van der Waals surface area contributed by atoms with Crippen LogP contribution in [-0.4, -0.2) is 76.2 Å². The number of pyridine rings is 1. The number of sulfone groups is 1. The summed E-state index contributed by atoms with van der Waals surface area (Å²) in [7, 11) is -1.42. The molecule has 10 nitrogen and oxygen atoms in total. The average molecular weight is 513 g/mol.